The van der Waals surface area contributed by atoms with Gasteiger partial charge >= 0.3 is 0 Å². The van der Waals surface area contributed by atoms with Gasteiger partial charge in [-0.3, -0.25) is 4.79 Å². The summed E-state index contributed by atoms with van der Waals surface area (Å²) >= 11 is 0. The van der Waals surface area contributed by atoms with Gasteiger partial charge in [-0.2, -0.15) is 0 Å². The van der Waals surface area contributed by atoms with E-state index < -0.39 is 0 Å². The molecular weight excluding hydrogens is 192 g/mol. The Bertz CT molecular complexity index is 302. The van der Waals surface area contributed by atoms with Gasteiger partial charge in [0.05, 0.1) is 13.1 Å². The molecule has 1 heterocycles. The van der Waals surface area contributed by atoms with Crippen molar-refractivity contribution in [3.8, 4) is 0 Å². The van der Waals surface area contributed by atoms with Gasteiger partial charge in [-0.1, -0.05) is 0 Å². The molecule has 0 saturated carbocycles. The van der Waals surface area contributed by atoms with Crippen molar-refractivity contribution in [2.75, 3.05) is 20.1 Å². The first-order valence-corrected chi connectivity index (χ1v) is 4.94. The first-order chi connectivity index (χ1) is 7.24. The van der Waals surface area contributed by atoms with Crippen LogP contribution in [0.5, 0.6) is 0 Å². The normalized spacial score (nSPS) is 10.0. The number of rotatable bonds is 5. The van der Waals surface area contributed by atoms with Crippen LogP contribution in [0, 0.1) is 0 Å². The maximum atomic E-state index is 11.4. The summed E-state index contributed by atoms with van der Waals surface area (Å²) in [7, 11) is 1.78. The number of nitrogens with one attached hydrogen (secondary N) is 1. The smallest absolute Gasteiger partial charge is 0.236 e. The van der Waals surface area contributed by atoms with Crippen LogP contribution in [0.15, 0.2) is 18.5 Å². The van der Waals surface area contributed by atoms with Crippen LogP contribution in [0.2, 0.25) is 0 Å². The minimum atomic E-state index is 0.0773. The maximum absolute atomic E-state index is 11.4. The summed E-state index contributed by atoms with van der Waals surface area (Å²) < 4.78 is 0. The summed E-state index contributed by atoms with van der Waals surface area (Å²) in [5.41, 5.74) is 0. The monoisotopic (exact) mass is 208 g/mol. The van der Waals surface area contributed by atoms with Crippen LogP contribution in [-0.2, 0) is 11.3 Å². The summed E-state index contributed by atoms with van der Waals surface area (Å²) in [6, 6.07) is 1.76. The molecular formula is C10H16N4O. The molecule has 0 radical (unpaired) electrons. The van der Waals surface area contributed by atoms with Crippen LogP contribution in [0.25, 0.3) is 0 Å². The molecule has 0 unspecified atom stereocenters. The Morgan fingerprint density at radius 3 is 2.73 bits per heavy atom. The number of amides is 1. The Morgan fingerprint density at radius 1 is 1.47 bits per heavy atom. The average molecular weight is 208 g/mol. The Hall–Kier alpha value is -1.49. The fourth-order valence-electron chi connectivity index (χ4n) is 1.01. The van der Waals surface area contributed by atoms with E-state index in [1.807, 2.05) is 6.92 Å². The van der Waals surface area contributed by atoms with Crippen molar-refractivity contribution in [1.29, 1.82) is 0 Å². The second-order valence-corrected chi connectivity index (χ2v) is 3.18. The summed E-state index contributed by atoms with van der Waals surface area (Å²) in [5, 5.41) is 3.00. The number of nitrogens with zero attached hydrogens (tertiary/aromatic N) is 3. The highest BCUT2D eigenvalue weighted by Gasteiger charge is 2.05. The lowest BCUT2D eigenvalue weighted by Crippen LogP contribution is -2.35. The van der Waals surface area contributed by atoms with Crippen molar-refractivity contribution >= 4 is 5.91 Å². The topological polar surface area (TPSA) is 58.1 Å². The fraction of sp³-hybridized carbons (Fsp3) is 0.500. The minimum Gasteiger partial charge on any atom is -0.345 e. The molecule has 1 aromatic heterocycles. The van der Waals surface area contributed by atoms with Gasteiger partial charge in [0.1, 0.15) is 5.82 Å². The SMILES string of the molecule is CCN(C)C(=O)CNCc1ncccn1. The van der Waals surface area contributed by atoms with Gasteiger partial charge in [0, 0.05) is 26.0 Å². The van der Waals surface area contributed by atoms with Gasteiger partial charge in [0.15, 0.2) is 0 Å². The van der Waals surface area contributed by atoms with E-state index in [-0.39, 0.29) is 5.91 Å². The third kappa shape index (κ3) is 4.03. The minimum absolute atomic E-state index is 0.0773. The van der Waals surface area contributed by atoms with Crippen LogP contribution in [-0.4, -0.2) is 40.9 Å². The maximum Gasteiger partial charge on any atom is 0.236 e. The standard InChI is InChI=1S/C10H16N4O/c1-3-14(2)10(15)8-11-7-9-12-5-4-6-13-9/h4-6,11H,3,7-8H2,1-2H3. The molecule has 0 saturated heterocycles. The van der Waals surface area contributed by atoms with E-state index in [9.17, 15) is 4.79 Å². The number of aromatic nitrogens is 2. The molecule has 1 amide bonds. The zero-order valence-electron chi connectivity index (χ0n) is 9.10. The molecule has 0 bridgehead atoms. The van der Waals surface area contributed by atoms with E-state index in [1.54, 1.807) is 30.4 Å². The Balaban J connectivity index is 2.25. The molecule has 1 aromatic rings. The summed E-state index contributed by atoms with van der Waals surface area (Å²) in [4.78, 5) is 21.1. The second-order valence-electron chi connectivity index (χ2n) is 3.18. The second kappa shape index (κ2) is 6.08. The summed E-state index contributed by atoms with van der Waals surface area (Å²) in [5.74, 6) is 0.776. The van der Waals surface area contributed by atoms with Crippen molar-refractivity contribution in [3.05, 3.63) is 24.3 Å². The Kier molecular flexibility index (Phi) is 4.70. The van der Waals surface area contributed by atoms with E-state index in [0.717, 1.165) is 6.54 Å². The first kappa shape index (κ1) is 11.6. The third-order valence-corrected chi connectivity index (χ3v) is 2.08. The number of likely N-dealkylation sites (N-methyl/N-ethyl adjacent to an activating group) is 1. The van der Waals surface area contributed by atoms with E-state index >= 15 is 0 Å². The van der Waals surface area contributed by atoms with Crippen molar-refractivity contribution in [2.24, 2.45) is 0 Å². The first-order valence-electron chi connectivity index (χ1n) is 4.94. The fourth-order valence-corrected chi connectivity index (χ4v) is 1.01. The highest BCUT2D eigenvalue weighted by Crippen LogP contribution is 1.87. The van der Waals surface area contributed by atoms with Gasteiger partial charge in [-0.25, -0.2) is 9.97 Å². The van der Waals surface area contributed by atoms with Crippen LogP contribution in [0.3, 0.4) is 0 Å². The van der Waals surface area contributed by atoms with E-state index in [0.29, 0.717) is 18.9 Å². The lowest BCUT2D eigenvalue weighted by molar-refractivity contribution is -0.128. The van der Waals surface area contributed by atoms with E-state index in [4.69, 9.17) is 0 Å². The number of carbonyl (C=O) groups is 1. The third-order valence-electron chi connectivity index (χ3n) is 2.08. The predicted octanol–water partition coefficient (Wildman–Crippen LogP) is 0.0445. The zero-order chi connectivity index (χ0) is 11.1. The van der Waals surface area contributed by atoms with Gasteiger partial charge in [-0.05, 0) is 13.0 Å². The molecule has 5 nitrogen and oxygen atoms in total. The number of hydrogen-bond acceptors (Lipinski definition) is 4. The molecule has 0 atom stereocenters. The van der Waals surface area contributed by atoms with Crippen LogP contribution in [0.4, 0.5) is 0 Å². The van der Waals surface area contributed by atoms with Gasteiger partial charge in [0.2, 0.25) is 5.91 Å². The molecule has 15 heavy (non-hydrogen) atoms. The van der Waals surface area contributed by atoms with Gasteiger partial charge in [0.25, 0.3) is 0 Å². The molecule has 1 N–H and O–H groups in total. The average Bonchev–Trinajstić information content (AvgIpc) is 2.29. The lowest BCUT2D eigenvalue weighted by atomic mass is 10.4. The molecule has 0 spiro atoms. The number of carbonyl (C=O) groups excluding carboxylic acids is 1. The molecule has 5 heteroatoms. The number of hydrogen-bond donors (Lipinski definition) is 1. The molecule has 0 aliphatic rings. The van der Waals surface area contributed by atoms with Crippen molar-refractivity contribution in [3.63, 3.8) is 0 Å². The van der Waals surface area contributed by atoms with Crippen LogP contribution in [0.1, 0.15) is 12.7 Å². The van der Waals surface area contributed by atoms with Crippen LogP contribution >= 0.6 is 0 Å². The van der Waals surface area contributed by atoms with Gasteiger partial charge < -0.3 is 10.2 Å². The summed E-state index contributed by atoms with van der Waals surface area (Å²) in [6.45, 7) is 3.51. The zero-order valence-corrected chi connectivity index (χ0v) is 9.10. The van der Waals surface area contributed by atoms with E-state index in [2.05, 4.69) is 15.3 Å². The van der Waals surface area contributed by atoms with Crippen molar-refractivity contribution < 1.29 is 4.79 Å². The Morgan fingerprint density at radius 2 is 2.13 bits per heavy atom. The molecule has 1 rings (SSSR count). The highest BCUT2D eigenvalue weighted by atomic mass is 16.2. The van der Waals surface area contributed by atoms with Crippen molar-refractivity contribution in [1.82, 2.24) is 20.2 Å². The molecule has 0 aliphatic heterocycles. The predicted molar refractivity (Wildman–Crippen MR) is 57.0 cm³/mol. The highest BCUT2D eigenvalue weighted by molar-refractivity contribution is 5.77. The largest absolute Gasteiger partial charge is 0.345 e. The summed E-state index contributed by atoms with van der Waals surface area (Å²) in [6.07, 6.45) is 3.37. The molecule has 0 fully saturated rings. The molecule has 0 aliphatic carbocycles. The molecule has 0 aromatic carbocycles. The van der Waals surface area contributed by atoms with E-state index in [1.165, 1.54) is 0 Å². The van der Waals surface area contributed by atoms with Gasteiger partial charge in [-0.15, -0.1) is 0 Å². The van der Waals surface area contributed by atoms with Crippen molar-refractivity contribution in [2.45, 2.75) is 13.5 Å². The molecule has 82 valence electrons. The Labute approximate surface area is 89.5 Å². The lowest BCUT2D eigenvalue weighted by Gasteiger charge is -2.14. The van der Waals surface area contributed by atoms with Crippen LogP contribution < -0.4 is 5.32 Å². The quantitative estimate of drug-likeness (QED) is 0.742.